The molecule has 0 fully saturated rings. The Kier molecular flexibility index (Phi) is 6.65. The molecule has 4 nitrogen and oxygen atoms in total. The van der Waals surface area contributed by atoms with Gasteiger partial charge in [-0.3, -0.25) is 9.79 Å². The number of amides is 1. The van der Waals surface area contributed by atoms with Gasteiger partial charge in [0.1, 0.15) is 5.82 Å². The first-order chi connectivity index (χ1) is 12.9. The third kappa shape index (κ3) is 4.94. The number of nitrogens with one attached hydrogen (secondary N) is 1. The van der Waals surface area contributed by atoms with E-state index in [2.05, 4.69) is 27.9 Å². The zero-order chi connectivity index (χ0) is 19.4. The van der Waals surface area contributed by atoms with Crippen molar-refractivity contribution in [3.8, 4) is 0 Å². The highest BCUT2D eigenvalue weighted by Crippen LogP contribution is 2.38. The van der Waals surface area contributed by atoms with Gasteiger partial charge in [-0.1, -0.05) is 64.2 Å². The van der Waals surface area contributed by atoms with Crippen LogP contribution in [0.25, 0.3) is 0 Å². The summed E-state index contributed by atoms with van der Waals surface area (Å²) in [6.45, 7) is 0. The highest BCUT2D eigenvalue weighted by Gasteiger charge is 2.33. The monoisotopic (exact) mass is 517 g/mol. The molecule has 2 aromatic rings. The Hall–Kier alpha value is -1.32. The van der Waals surface area contributed by atoms with Gasteiger partial charge in [-0.25, -0.2) is 4.39 Å². The molecule has 8 heteroatoms. The minimum atomic E-state index is -0.425. The van der Waals surface area contributed by atoms with E-state index in [1.54, 1.807) is 11.8 Å². The Labute approximate surface area is 180 Å². The van der Waals surface area contributed by atoms with Crippen LogP contribution in [-0.2, 0) is 16.8 Å². The van der Waals surface area contributed by atoms with Gasteiger partial charge in [-0.15, -0.1) is 0 Å². The van der Waals surface area contributed by atoms with Gasteiger partial charge in [0, 0.05) is 20.9 Å². The van der Waals surface area contributed by atoms with E-state index < -0.39 is 5.82 Å². The summed E-state index contributed by atoms with van der Waals surface area (Å²) in [4.78, 5) is 17.1. The van der Waals surface area contributed by atoms with Crippen LogP contribution in [0.2, 0.25) is 5.02 Å². The number of carbonyl (C=O) groups is 1. The van der Waals surface area contributed by atoms with Gasteiger partial charge in [-0.2, -0.15) is 0 Å². The minimum absolute atomic E-state index is 0.0719. The van der Waals surface area contributed by atoms with Gasteiger partial charge in [-0.05, 0) is 41.8 Å². The Morgan fingerprint density at radius 3 is 2.89 bits per heavy atom. The van der Waals surface area contributed by atoms with Gasteiger partial charge in [0.2, 0.25) is 5.91 Å². The normalized spacial score (nSPS) is 19.4. The number of amidine groups is 1. The summed E-state index contributed by atoms with van der Waals surface area (Å²) in [5.41, 5.74) is 7.88. The molecule has 1 aliphatic heterocycles. The number of alkyl halides is 1. The minimum Gasteiger partial charge on any atom is -0.379 e. The SMILES string of the molecule is NC1=NC(CI)(c2cccc(NC(=O)Cc3ccc(F)cc3Cl)c2)CCS1. The molecule has 0 spiro atoms. The Morgan fingerprint density at radius 2 is 2.19 bits per heavy atom. The number of carbonyl (C=O) groups excluding carboxylic acids is 1. The van der Waals surface area contributed by atoms with Gasteiger partial charge in [0.15, 0.2) is 5.17 Å². The Morgan fingerprint density at radius 1 is 1.37 bits per heavy atom. The lowest BCUT2D eigenvalue weighted by molar-refractivity contribution is -0.115. The van der Waals surface area contributed by atoms with Crippen LogP contribution < -0.4 is 11.1 Å². The fraction of sp³-hybridized carbons (Fsp3) is 0.263. The molecule has 0 saturated heterocycles. The van der Waals surface area contributed by atoms with Crippen molar-refractivity contribution < 1.29 is 9.18 Å². The van der Waals surface area contributed by atoms with Crippen LogP contribution in [0.5, 0.6) is 0 Å². The van der Waals surface area contributed by atoms with Gasteiger partial charge in [0.25, 0.3) is 0 Å². The van der Waals surface area contributed by atoms with E-state index in [9.17, 15) is 9.18 Å². The summed E-state index contributed by atoms with van der Waals surface area (Å²) in [6, 6.07) is 11.7. The highest BCUT2D eigenvalue weighted by molar-refractivity contribution is 14.1. The fourth-order valence-corrected chi connectivity index (χ4v) is 5.05. The van der Waals surface area contributed by atoms with E-state index in [0.29, 0.717) is 16.4 Å². The van der Waals surface area contributed by atoms with Crippen molar-refractivity contribution in [3.63, 3.8) is 0 Å². The summed E-state index contributed by atoms with van der Waals surface area (Å²) in [6.07, 6.45) is 0.965. The molecule has 1 atom stereocenters. The first kappa shape index (κ1) is 20.4. The molecule has 3 N–H and O–H groups in total. The standard InChI is InChI=1S/C19H18ClFIN3OS/c20-16-10-14(21)5-4-12(16)8-17(26)24-15-3-1-2-13(9-15)19(11-22)6-7-27-18(23)25-19/h1-5,9-10H,6-8,11H2,(H2,23,25)(H,24,26). The van der Waals surface area contributed by atoms with Crippen molar-refractivity contribution in [1.82, 2.24) is 0 Å². The lowest BCUT2D eigenvalue weighted by Crippen LogP contribution is -2.33. The van der Waals surface area contributed by atoms with Crippen LogP contribution in [0.15, 0.2) is 47.5 Å². The zero-order valence-electron chi connectivity index (χ0n) is 14.3. The van der Waals surface area contributed by atoms with Crippen molar-refractivity contribution in [2.24, 2.45) is 10.7 Å². The number of hydrogen-bond acceptors (Lipinski definition) is 4. The average Bonchev–Trinajstić information content (AvgIpc) is 2.64. The lowest BCUT2D eigenvalue weighted by atomic mass is 9.89. The Balaban J connectivity index is 1.77. The summed E-state index contributed by atoms with van der Waals surface area (Å²) < 4.78 is 13.9. The van der Waals surface area contributed by atoms with Crippen LogP contribution in [0.1, 0.15) is 17.5 Å². The topological polar surface area (TPSA) is 67.5 Å². The molecule has 1 heterocycles. The first-order valence-corrected chi connectivity index (χ1v) is 11.2. The molecule has 1 amide bonds. The molecule has 0 aliphatic carbocycles. The maximum atomic E-state index is 13.1. The van der Waals surface area contributed by atoms with E-state index in [1.165, 1.54) is 18.2 Å². The molecule has 1 unspecified atom stereocenters. The highest BCUT2D eigenvalue weighted by atomic mass is 127. The van der Waals surface area contributed by atoms with Crippen LogP contribution in [0.3, 0.4) is 0 Å². The molecule has 0 bridgehead atoms. The quantitative estimate of drug-likeness (QED) is 0.445. The van der Waals surface area contributed by atoms with E-state index >= 15 is 0 Å². The molecule has 3 rings (SSSR count). The van der Waals surface area contributed by atoms with Gasteiger partial charge >= 0.3 is 0 Å². The van der Waals surface area contributed by atoms with Crippen molar-refractivity contribution in [1.29, 1.82) is 0 Å². The van der Waals surface area contributed by atoms with Crippen molar-refractivity contribution >= 4 is 62.7 Å². The van der Waals surface area contributed by atoms with Crippen LogP contribution in [0, 0.1) is 5.82 Å². The number of nitrogens with zero attached hydrogens (tertiary/aromatic N) is 1. The number of benzene rings is 2. The largest absolute Gasteiger partial charge is 0.379 e. The predicted octanol–water partition coefficient (Wildman–Crippen LogP) is 4.74. The van der Waals surface area contributed by atoms with E-state index in [-0.39, 0.29) is 22.9 Å². The second-order valence-corrected chi connectivity index (χ2v) is 8.54. The number of thioether (sulfide) groups is 1. The molecule has 2 aromatic carbocycles. The summed E-state index contributed by atoms with van der Waals surface area (Å²) >= 11 is 9.90. The fourth-order valence-electron chi connectivity index (χ4n) is 2.94. The summed E-state index contributed by atoms with van der Waals surface area (Å²) in [5, 5.41) is 3.72. The van der Waals surface area contributed by atoms with Crippen LogP contribution in [-0.4, -0.2) is 21.3 Å². The molecule has 0 saturated carbocycles. The first-order valence-electron chi connectivity index (χ1n) is 8.30. The molecule has 1 aliphatic rings. The lowest BCUT2D eigenvalue weighted by Gasteiger charge is -2.32. The van der Waals surface area contributed by atoms with E-state index in [1.807, 2.05) is 24.3 Å². The smallest absolute Gasteiger partial charge is 0.228 e. The van der Waals surface area contributed by atoms with Crippen molar-refractivity contribution in [3.05, 3.63) is 64.4 Å². The number of hydrogen-bond donors (Lipinski definition) is 2. The molecule has 0 aromatic heterocycles. The number of rotatable bonds is 5. The maximum absolute atomic E-state index is 13.1. The van der Waals surface area contributed by atoms with E-state index in [4.69, 9.17) is 22.3 Å². The number of aliphatic imine (C=N–C) groups is 1. The molecule has 0 radical (unpaired) electrons. The van der Waals surface area contributed by atoms with Gasteiger partial charge < -0.3 is 11.1 Å². The van der Waals surface area contributed by atoms with Crippen molar-refractivity contribution in [2.75, 3.05) is 15.5 Å². The maximum Gasteiger partial charge on any atom is 0.228 e. The van der Waals surface area contributed by atoms with Gasteiger partial charge in [0.05, 0.1) is 12.0 Å². The number of halogens is 3. The number of anilines is 1. The average molecular weight is 518 g/mol. The molecular formula is C19H18ClFIN3OS. The molecule has 27 heavy (non-hydrogen) atoms. The Bertz CT molecular complexity index is 895. The third-order valence-electron chi connectivity index (χ3n) is 4.36. The van der Waals surface area contributed by atoms with Crippen LogP contribution >= 0.6 is 46.0 Å². The molecule has 142 valence electrons. The second-order valence-electron chi connectivity index (χ2n) is 6.26. The van der Waals surface area contributed by atoms with E-state index in [0.717, 1.165) is 22.2 Å². The summed E-state index contributed by atoms with van der Waals surface area (Å²) in [5.74, 6) is 0.274. The van der Waals surface area contributed by atoms with Crippen LogP contribution in [0.4, 0.5) is 10.1 Å². The second kappa shape index (κ2) is 8.79. The summed E-state index contributed by atoms with van der Waals surface area (Å²) in [7, 11) is 0. The zero-order valence-corrected chi connectivity index (χ0v) is 18.1. The molecular weight excluding hydrogens is 500 g/mol. The number of nitrogens with two attached hydrogens (primary N) is 1. The third-order valence-corrected chi connectivity index (χ3v) is 6.77. The van der Waals surface area contributed by atoms with Crippen molar-refractivity contribution in [2.45, 2.75) is 18.4 Å². The predicted molar refractivity (Wildman–Crippen MR) is 119 cm³/mol.